The maximum absolute atomic E-state index is 6.33. The van der Waals surface area contributed by atoms with Gasteiger partial charge in [0.1, 0.15) is 13.2 Å². The van der Waals surface area contributed by atoms with Crippen molar-refractivity contribution in [1.82, 2.24) is 0 Å². The standard InChI is InChI=1S/C13H17NO3/c1-15-10-7-9(13(14)3-2-4-13)8-11-12(10)17-6-5-16-11/h7-8H,2-6,14H2,1H3. The van der Waals surface area contributed by atoms with Crippen molar-refractivity contribution in [3.8, 4) is 17.2 Å². The number of hydrogen-bond donors (Lipinski definition) is 1. The molecule has 0 atom stereocenters. The minimum Gasteiger partial charge on any atom is -0.493 e. The first kappa shape index (κ1) is 10.7. The Morgan fingerprint density at radius 2 is 2.00 bits per heavy atom. The lowest BCUT2D eigenvalue weighted by molar-refractivity contribution is 0.163. The first-order chi connectivity index (χ1) is 8.23. The second-order valence-electron chi connectivity index (χ2n) is 4.71. The van der Waals surface area contributed by atoms with Crippen molar-refractivity contribution >= 4 is 0 Å². The fourth-order valence-electron chi connectivity index (χ4n) is 2.41. The van der Waals surface area contributed by atoms with E-state index in [1.54, 1.807) is 7.11 Å². The molecule has 0 saturated heterocycles. The average Bonchev–Trinajstić information content (AvgIpc) is 2.34. The van der Waals surface area contributed by atoms with Gasteiger partial charge in [-0.25, -0.2) is 0 Å². The van der Waals surface area contributed by atoms with Crippen LogP contribution in [-0.4, -0.2) is 20.3 Å². The third-order valence-electron chi connectivity index (χ3n) is 3.65. The zero-order valence-electron chi connectivity index (χ0n) is 9.99. The Morgan fingerprint density at radius 1 is 1.24 bits per heavy atom. The summed E-state index contributed by atoms with van der Waals surface area (Å²) in [6.07, 6.45) is 3.23. The van der Waals surface area contributed by atoms with Gasteiger partial charge in [0.25, 0.3) is 0 Å². The Hall–Kier alpha value is -1.42. The summed E-state index contributed by atoms with van der Waals surface area (Å²) < 4.78 is 16.5. The van der Waals surface area contributed by atoms with E-state index in [-0.39, 0.29) is 5.54 Å². The molecule has 0 amide bonds. The highest BCUT2D eigenvalue weighted by Crippen LogP contribution is 2.46. The van der Waals surface area contributed by atoms with Crippen LogP contribution in [0.1, 0.15) is 24.8 Å². The summed E-state index contributed by atoms with van der Waals surface area (Å²) in [7, 11) is 1.64. The summed E-state index contributed by atoms with van der Waals surface area (Å²) in [6, 6.07) is 3.98. The minimum atomic E-state index is -0.205. The second kappa shape index (κ2) is 3.81. The van der Waals surface area contributed by atoms with Crippen molar-refractivity contribution in [2.45, 2.75) is 24.8 Å². The molecular formula is C13H17NO3. The predicted molar refractivity (Wildman–Crippen MR) is 63.7 cm³/mol. The van der Waals surface area contributed by atoms with E-state index in [1.807, 2.05) is 12.1 Å². The van der Waals surface area contributed by atoms with Crippen LogP contribution in [-0.2, 0) is 5.54 Å². The van der Waals surface area contributed by atoms with Crippen LogP contribution < -0.4 is 19.9 Å². The molecule has 17 heavy (non-hydrogen) atoms. The quantitative estimate of drug-likeness (QED) is 0.849. The van der Waals surface area contributed by atoms with E-state index >= 15 is 0 Å². The summed E-state index contributed by atoms with van der Waals surface area (Å²) in [5.74, 6) is 2.17. The van der Waals surface area contributed by atoms with Gasteiger partial charge in [-0.15, -0.1) is 0 Å². The van der Waals surface area contributed by atoms with Crippen LogP contribution in [0.2, 0.25) is 0 Å². The molecule has 4 heteroatoms. The number of ether oxygens (including phenoxy) is 3. The summed E-state index contributed by atoms with van der Waals surface area (Å²) in [4.78, 5) is 0. The number of methoxy groups -OCH3 is 1. The van der Waals surface area contributed by atoms with Gasteiger partial charge in [0.15, 0.2) is 11.5 Å². The number of fused-ring (bicyclic) bond motifs is 1. The van der Waals surface area contributed by atoms with Gasteiger partial charge < -0.3 is 19.9 Å². The molecule has 2 N–H and O–H groups in total. The lowest BCUT2D eigenvalue weighted by Crippen LogP contribution is -2.43. The van der Waals surface area contributed by atoms with Crippen molar-refractivity contribution in [2.24, 2.45) is 5.73 Å². The van der Waals surface area contributed by atoms with Gasteiger partial charge in [-0.2, -0.15) is 0 Å². The molecule has 1 aliphatic heterocycles. The topological polar surface area (TPSA) is 53.7 Å². The van der Waals surface area contributed by atoms with Crippen LogP contribution in [0.25, 0.3) is 0 Å². The van der Waals surface area contributed by atoms with Crippen molar-refractivity contribution in [3.05, 3.63) is 17.7 Å². The Kier molecular flexibility index (Phi) is 2.40. The monoisotopic (exact) mass is 235 g/mol. The van der Waals surface area contributed by atoms with E-state index in [4.69, 9.17) is 19.9 Å². The molecule has 0 unspecified atom stereocenters. The fourth-order valence-corrected chi connectivity index (χ4v) is 2.41. The van der Waals surface area contributed by atoms with E-state index in [0.717, 1.165) is 24.2 Å². The van der Waals surface area contributed by atoms with Crippen molar-refractivity contribution in [2.75, 3.05) is 20.3 Å². The van der Waals surface area contributed by atoms with E-state index in [2.05, 4.69) is 0 Å². The van der Waals surface area contributed by atoms with Gasteiger partial charge in [-0.05, 0) is 37.0 Å². The summed E-state index contributed by atoms with van der Waals surface area (Å²) in [6.45, 7) is 1.15. The number of nitrogens with two attached hydrogens (primary N) is 1. The molecule has 0 radical (unpaired) electrons. The molecule has 0 bridgehead atoms. The van der Waals surface area contributed by atoms with E-state index in [0.29, 0.717) is 24.7 Å². The van der Waals surface area contributed by atoms with Gasteiger partial charge in [-0.1, -0.05) is 0 Å². The van der Waals surface area contributed by atoms with E-state index < -0.39 is 0 Å². The molecule has 1 saturated carbocycles. The molecular weight excluding hydrogens is 218 g/mol. The number of rotatable bonds is 2. The molecule has 0 spiro atoms. The second-order valence-corrected chi connectivity index (χ2v) is 4.71. The molecule has 1 aromatic rings. The summed E-state index contributed by atoms with van der Waals surface area (Å²) in [5, 5.41) is 0. The Labute approximate surface area is 101 Å². The van der Waals surface area contributed by atoms with Crippen molar-refractivity contribution in [1.29, 1.82) is 0 Å². The molecule has 1 heterocycles. The molecule has 3 rings (SSSR count). The van der Waals surface area contributed by atoms with Crippen LogP contribution in [0.4, 0.5) is 0 Å². The summed E-state index contributed by atoms with van der Waals surface area (Å²) in [5.41, 5.74) is 7.21. The third kappa shape index (κ3) is 1.63. The van der Waals surface area contributed by atoms with Gasteiger partial charge in [0, 0.05) is 5.54 Å². The van der Waals surface area contributed by atoms with Gasteiger partial charge in [0.05, 0.1) is 7.11 Å². The smallest absolute Gasteiger partial charge is 0.203 e. The van der Waals surface area contributed by atoms with E-state index in [1.165, 1.54) is 6.42 Å². The molecule has 1 aromatic carbocycles. The van der Waals surface area contributed by atoms with Crippen LogP contribution in [0, 0.1) is 0 Å². The molecule has 2 aliphatic rings. The highest BCUT2D eigenvalue weighted by atomic mass is 16.6. The van der Waals surface area contributed by atoms with E-state index in [9.17, 15) is 0 Å². The maximum Gasteiger partial charge on any atom is 0.203 e. The molecule has 0 aromatic heterocycles. The maximum atomic E-state index is 6.33. The van der Waals surface area contributed by atoms with Crippen molar-refractivity contribution in [3.63, 3.8) is 0 Å². The van der Waals surface area contributed by atoms with Crippen LogP contribution in [0.3, 0.4) is 0 Å². The molecule has 1 aliphatic carbocycles. The van der Waals surface area contributed by atoms with Gasteiger partial charge in [0.2, 0.25) is 5.75 Å². The number of benzene rings is 1. The van der Waals surface area contributed by atoms with Crippen LogP contribution in [0.5, 0.6) is 17.2 Å². The van der Waals surface area contributed by atoms with Crippen LogP contribution in [0.15, 0.2) is 12.1 Å². The lowest BCUT2D eigenvalue weighted by Gasteiger charge is -2.39. The van der Waals surface area contributed by atoms with Gasteiger partial charge >= 0.3 is 0 Å². The first-order valence-corrected chi connectivity index (χ1v) is 6.00. The minimum absolute atomic E-state index is 0.205. The normalized spacial score (nSPS) is 20.6. The largest absolute Gasteiger partial charge is 0.493 e. The lowest BCUT2D eigenvalue weighted by atomic mass is 9.72. The van der Waals surface area contributed by atoms with Crippen LogP contribution >= 0.6 is 0 Å². The Morgan fingerprint density at radius 3 is 2.65 bits per heavy atom. The average molecular weight is 235 g/mol. The zero-order chi connectivity index (χ0) is 11.9. The highest BCUT2D eigenvalue weighted by molar-refractivity contribution is 5.56. The third-order valence-corrected chi connectivity index (χ3v) is 3.65. The molecule has 1 fully saturated rings. The van der Waals surface area contributed by atoms with Gasteiger partial charge in [-0.3, -0.25) is 0 Å². The fraction of sp³-hybridized carbons (Fsp3) is 0.538. The summed E-state index contributed by atoms with van der Waals surface area (Å²) >= 11 is 0. The SMILES string of the molecule is COc1cc(C2(N)CCC2)cc2c1OCCO2. The first-order valence-electron chi connectivity index (χ1n) is 6.00. The highest BCUT2D eigenvalue weighted by Gasteiger charge is 2.36. The molecule has 4 nitrogen and oxygen atoms in total. The Balaban J connectivity index is 2.06. The zero-order valence-corrected chi connectivity index (χ0v) is 9.99. The Bertz CT molecular complexity index is 423. The van der Waals surface area contributed by atoms with Crippen molar-refractivity contribution < 1.29 is 14.2 Å². The number of hydrogen-bond acceptors (Lipinski definition) is 4. The predicted octanol–water partition coefficient (Wildman–Crippen LogP) is 1.80. The molecule has 92 valence electrons.